The highest BCUT2D eigenvalue weighted by Gasteiger charge is 2.40. The van der Waals surface area contributed by atoms with E-state index in [0.717, 1.165) is 57.7 Å². The lowest BCUT2D eigenvalue weighted by Crippen LogP contribution is -2.25. The van der Waals surface area contributed by atoms with Gasteiger partial charge in [-0.25, -0.2) is 0 Å². The van der Waals surface area contributed by atoms with Gasteiger partial charge in [-0.3, -0.25) is 10.2 Å². The maximum atomic E-state index is 11.6. The van der Waals surface area contributed by atoms with Gasteiger partial charge in [0.1, 0.15) is 5.75 Å². The highest BCUT2D eigenvalue weighted by Crippen LogP contribution is 2.52. The molecule has 4 aromatic carbocycles. The first kappa shape index (κ1) is 21.0. The zero-order chi connectivity index (χ0) is 23.2. The van der Waals surface area contributed by atoms with Gasteiger partial charge < -0.3 is 9.64 Å². The van der Waals surface area contributed by atoms with Crippen LogP contribution in [0.2, 0.25) is 0 Å². The van der Waals surface area contributed by atoms with Gasteiger partial charge in [-0.2, -0.15) is 0 Å². The molecule has 4 nitrogen and oxygen atoms in total. The first-order valence-electron chi connectivity index (χ1n) is 11.1. The van der Waals surface area contributed by atoms with Gasteiger partial charge in [0.15, 0.2) is 12.2 Å². The molecular weight excluding hydrogens is 408 g/mol. The lowest BCUT2D eigenvalue weighted by atomic mass is 9.85. The van der Waals surface area contributed by atoms with Crippen molar-refractivity contribution >= 4 is 34.3 Å². The number of hydrogen-bond acceptors (Lipinski definition) is 4. The SMILES string of the molecule is CC(=O)c1ccc(-c2ccc(N3CC(C)(C)c4c(OC=N)cc5ccccc5c43)cc2)cc1. The minimum atomic E-state index is -0.140. The number of anilines is 2. The van der Waals surface area contributed by atoms with Gasteiger partial charge in [-0.15, -0.1) is 0 Å². The Hall–Kier alpha value is -3.92. The van der Waals surface area contributed by atoms with Crippen molar-refractivity contribution in [3.05, 3.63) is 90.0 Å². The summed E-state index contributed by atoms with van der Waals surface area (Å²) in [5.74, 6) is 0.819. The predicted octanol–water partition coefficient (Wildman–Crippen LogP) is 7.12. The van der Waals surface area contributed by atoms with Crippen LogP contribution in [-0.4, -0.2) is 18.7 Å². The van der Waals surface area contributed by atoms with E-state index < -0.39 is 0 Å². The minimum Gasteiger partial charge on any atom is -0.446 e. The van der Waals surface area contributed by atoms with Crippen molar-refractivity contribution in [3.8, 4) is 16.9 Å². The summed E-state index contributed by atoms with van der Waals surface area (Å²) >= 11 is 0. The van der Waals surface area contributed by atoms with Crippen molar-refractivity contribution in [2.45, 2.75) is 26.2 Å². The third kappa shape index (κ3) is 3.58. The van der Waals surface area contributed by atoms with E-state index in [4.69, 9.17) is 10.1 Å². The average Bonchev–Trinajstić information content (AvgIpc) is 3.11. The van der Waals surface area contributed by atoms with Gasteiger partial charge in [-0.1, -0.05) is 74.5 Å². The molecule has 33 heavy (non-hydrogen) atoms. The van der Waals surface area contributed by atoms with Crippen LogP contribution in [0.5, 0.6) is 5.75 Å². The molecule has 0 aromatic heterocycles. The molecule has 0 atom stereocenters. The maximum absolute atomic E-state index is 11.6. The molecule has 0 radical (unpaired) electrons. The van der Waals surface area contributed by atoms with Crippen molar-refractivity contribution in [2.75, 3.05) is 11.4 Å². The third-order valence-corrected chi connectivity index (χ3v) is 6.48. The second-order valence-corrected chi connectivity index (χ2v) is 9.21. The number of hydrogen-bond donors (Lipinski definition) is 1. The van der Waals surface area contributed by atoms with Crippen LogP contribution in [0.25, 0.3) is 21.9 Å². The first-order chi connectivity index (χ1) is 15.9. The van der Waals surface area contributed by atoms with Gasteiger partial charge in [0.05, 0.1) is 5.69 Å². The molecule has 4 aromatic rings. The fourth-order valence-corrected chi connectivity index (χ4v) is 4.90. The van der Waals surface area contributed by atoms with Gasteiger partial charge in [-0.05, 0) is 41.6 Å². The monoisotopic (exact) mass is 434 g/mol. The Kier molecular flexibility index (Phi) is 5.01. The number of nitrogens with zero attached hydrogens (tertiary/aromatic N) is 1. The second kappa shape index (κ2) is 7.89. The van der Waals surface area contributed by atoms with Crippen LogP contribution < -0.4 is 9.64 Å². The van der Waals surface area contributed by atoms with Crippen LogP contribution in [-0.2, 0) is 5.41 Å². The molecule has 0 saturated carbocycles. The fraction of sp³-hybridized carbons (Fsp3) is 0.172. The molecule has 1 aliphatic heterocycles. The van der Waals surface area contributed by atoms with Crippen molar-refractivity contribution in [1.82, 2.24) is 0 Å². The van der Waals surface area contributed by atoms with Gasteiger partial charge in [0, 0.05) is 34.2 Å². The Bertz CT molecular complexity index is 1370. The summed E-state index contributed by atoms with van der Waals surface area (Å²) in [6, 6.07) is 26.7. The van der Waals surface area contributed by atoms with E-state index in [1.54, 1.807) is 6.92 Å². The zero-order valence-electron chi connectivity index (χ0n) is 19.1. The molecule has 5 rings (SSSR count). The second-order valence-electron chi connectivity index (χ2n) is 9.21. The van der Waals surface area contributed by atoms with Crippen molar-refractivity contribution in [2.24, 2.45) is 0 Å². The van der Waals surface area contributed by atoms with Crippen LogP contribution in [0.4, 0.5) is 11.4 Å². The lowest BCUT2D eigenvalue weighted by Gasteiger charge is -2.23. The summed E-state index contributed by atoms with van der Waals surface area (Å²) in [4.78, 5) is 13.9. The average molecular weight is 435 g/mol. The highest BCUT2D eigenvalue weighted by atomic mass is 16.5. The molecule has 0 bridgehead atoms. The number of rotatable bonds is 5. The quantitative estimate of drug-likeness (QED) is 0.207. The minimum absolute atomic E-state index is 0.0748. The van der Waals surface area contributed by atoms with Crippen LogP contribution in [0.1, 0.15) is 36.7 Å². The molecule has 0 unspecified atom stereocenters. The van der Waals surface area contributed by atoms with E-state index in [2.05, 4.69) is 61.2 Å². The predicted molar refractivity (Wildman–Crippen MR) is 135 cm³/mol. The summed E-state index contributed by atoms with van der Waals surface area (Å²) in [5.41, 5.74) is 6.17. The number of Topliss-reactive ketones (excluding diaryl/α,β-unsaturated/α-hetero) is 1. The smallest absolute Gasteiger partial charge is 0.173 e. The Morgan fingerprint density at radius 2 is 1.61 bits per heavy atom. The molecular formula is C29H26N2O2. The molecule has 1 heterocycles. The summed E-state index contributed by atoms with van der Waals surface area (Å²) in [6.07, 6.45) is 1.01. The number of ketones is 1. The topological polar surface area (TPSA) is 53.4 Å². The van der Waals surface area contributed by atoms with Gasteiger partial charge >= 0.3 is 0 Å². The van der Waals surface area contributed by atoms with Crippen LogP contribution >= 0.6 is 0 Å². The number of nitrogens with one attached hydrogen (secondary N) is 1. The summed E-state index contributed by atoms with van der Waals surface area (Å²) < 4.78 is 5.67. The molecule has 164 valence electrons. The third-order valence-electron chi connectivity index (χ3n) is 6.48. The highest BCUT2D eigenvalue weighted by molar-refractivity contribution is 6.02. The van der Waals surface area contributed by atoms with Crippen molar-refractivity contribution in [1.29, 1.82) is 5.41 Å². The van der Waals surface area contributed by atoms with Crippen molar-refractivity contribution in [3.63, 3.8) is 0 Å². The van der Waals surface area contributed by atoms with E-state index >= 15 is 0 Å². The van der Waals surface area contributed by atoms with Crippen LogP contribution in [0.15, 0.2) is 78.9 Å². The largest absolute Gasteiger partial charge is 0.446 e. The number of carbonyl (C=O) groups is 1. The van der Waals surface area contributed by atoms with Gasteiger partial charge in [0.2, 0.25) is 0 Å². The molecule has 1 aliphatic rings. The zero-order valence-corrected chi connectivity index (χ0v) is 19.1. The molecule has 0 fully saturated rings. The molecule has 1 N–H and O–H groups in total. The summed E-state index contributed by atoms with van der Waals surface area (Å²) in [5, 5.41) is 9.79. The van der Waals surface area contributed by atoms with E-state index in [-0.39, 0.29) is 11.2 Å². The van der Waals surface area contributed by atoms with Crippen molar-refractivity contribution < 1.29 is 9.53 Å². The Labute approximate surface area is 193 Å². The fourth-order valence-electron chi connectivity index (χ4n) is 4.90. The van der Waals surface area contributed by atoms with E-state index in [9.17, 15) is 4.79 Å². The Morgan fingerprint density at radius 1 is 0.970 bits per heavy atom. The molecule has 4 heteroatoms. The number of ether oxygens (including phenoxy) is 1. The van der Waals surface area contributed by atoms with Crippen LogP contribution in [0.3, 0.4) is 0 Å². The normalized spacial score (nSPS) is 14.2. The van der Waals surface area contributed by atoms with E-state index in [0.29, 0.717) is 0 Å². The lowest BCUT2D eigenvalue weighted by molar-refractivity contribution is 0.101. The molecule has 0 saturated heterocycles. The molecule has 0 spiro atoms. The Morgan fingerprint density at radius 3 is 2.24 bits per heavy atom. The molecule has 0 aliphatic carbocycles. The van der Waals surface area contributed by atoms with Gasteiger partial charge in [0.25, 0.3) is 0 Å². The summed E-state index contributed by atoms with van der Waals surface area (Å²) in [7, 11) is 0. The van der Waals surface area contributed by atoms with Crippen LogP contribution in [0, 0.1) is 5.41 Å². The summed E-state index contributed by atoms with van der Waals surface area (Å²) in [6.45, 7) is 6.85. The standard InChI is InChI=1S/C29H26N2O2/c1-19(32)20-8-10-21(11-9-20)22-12-14-24(15-13-22)31-17-29(2,3)27-26(33-18-30)16-23-6-4-5-7-25(23)28(27)31/h4-16,18,30H,17H2,1-3H3. The molecule has 0 amide bonds. The maximum Gasteiger partial charge on any atom is 0.173 e. The van der Waals surface area contributed by atoms with E-state index in [1.807, 2.05) is 36.4 Å². The number of carbonyl (C=O) groups excluding carboxylic acids is 1. The van der Waals surface area contributed by atoms with E-state index in [1.165, 1.54) is 5.39 Å². The first-order valence-corrected chi connectivity index (χ1v) is 11.1. The Balaban J connectivity index is 1.59. The number of fused-ring (bicyclic) bond motifs is 3. The number of benzene rings is 4.